The first-order valence-corrected chi connectivity index (χ1v) is 10.6. The summed E-state index contributed by atoms with van der Waals surface area (Å²) < 4.78 is 38.0. The predicted molar refractivity (Wildman–Crippen MR) is 117 cm³/mol. The van der Waals surface area contributed by atoms with Gasteiger partial charge in [-0.25, -0.2) is 18.4 Å². The lowest BCUT2D eigenvalue weighted by Crippen LogP contribution is -2.43. The molecule has 0 saturated carbocycles. The number of anilines is 1. The summed E-state index contributed by atoms with van der Waals surface area (Å²) in [7, 11) is 0. The molecule has 0 radical (unpaired) electrons. The van der Waals surface area contributed by atoms with Gasteiger partial charge in [0.05, 0.1) is 11.1 Å². The molecule has 2 aromatic rings. The minimum atomic E-state index is -1.23. The van der Waals surface area contributed by atoms with Crippen molar-refractivity contribution in [2.75, 3.05) is 18.4 Å². The van der Waals surface area contributed by atoms with Crippen molar-refractivity contribution in [2.24, 2.45) is 0 Å². The fraction of sp³-hybridized carbons (Fsp3) is 0.375. The molecule has 0 spiro atoms. The second-order valence-corrected chi connectivity index (χ2v) is 8.70. The van der Waals surface area contributed by atoms with E-state index in [1.165, 1.54) is 36.4 Å². The monoisotopic (exact) mass is 460 g/mol. The molecule has 1 saturated heterocycles. The highest BCUT2D eigenvalue weighted by atomic mass is 19.2. The Labute approximate surface area is 190 Å². The standard InChI is InChI=1S/C24H26F2N2O5/c1-24(2,3)33-23(31)28-13-11-17(12-14-28)32-22(30)15-7-9-16(10-8-15)27-21(29)18-5-4-6-19(25)20(18)26/h4-10,17H,11-14H2,1-3H3,(H,27,29). The maximum absolute atomic E-state index is 13.8. The number of amides is 2. The third-order valence-electron chi connectivity index (χ3n) is 4.94. The maximum atomic E-state index is 13.8. The average molecular weight is 460 g/mol. The van der Waals surface area contributed by atoms with Crippen LogP contribution >= 0.6 is 0 Å². The van der Waals surface area contributed by atoms with Crippen LogP contribution in [0.15, 0.2) is 42.5 Å². The van der Waals surface area contributed by atoms with E-state index in [4.69, 9.17) is 9.47 Å². The number of likely N-dealkylation sites (tertiary alicyclic amines) is 1. The Hall–Kier alpha value is -3.49. The van der Waals surface area contributed by atoms with E-state index in [0.29, 0.717) is 31.6 Å². The minimum Gasteiger partial charge on any atom is -0.459 e. The molecule has 0 aromatic heterocycles. The summed E-state index contributed by atoms with van der Waals surface area (Å²) >= 11 is 0. The van der Waals surface area contributed by atoms with Gasteiger partial charge in [-0.15, -0.1) is 0 Å². The van der Waals surface area contributed by atoms with Crippen LogP contribution in [0.5, 0.6) is 0 Å². The van der Waals surface area contributed by atoms with Gasteiger partial charge in [-0.05, 0) is 57.2 Å². The van der Waals surface area contributed by atoms with E-state index < -0.39 is 34.7 Å². The van der Waals surface area contributed by atoms with E-state index in [2.05, 4.69) is 5.32 Å². The molecule has 2 amide bonds. The van der Waals surface area contributed by atoms with Crippen molar-refractivity contribution in [3.05, 3.63) is 65.2 Å². The lowest BCUT2D eigenvalue weighted by Gasteiger charge is -2.33. The zero-order valence-corrected chi connectivity index (χ0v) is 18.7. The fourth-order valence-electron chi connectivity index (χ4n) is 3.27. The smallest absolute Gasteiger partial charge is 0.410 e. The van der Waals surface area contributed by atoms with Crippen molar-refractivity contribution in [1.82, 2.24) is 4.90 Å². The SMILES string of the molecule is CC(C)(C)OC(=O)N1CCC(OC(=O)c2ccc(NC(=O)c3cccc(F)c3F)cc2)CC1. The van der Waals surface area contributed by atoms with Gasteiger partial charge in [-0.3, -0.25) is 4.79 Å². The number of hydrogen-bond donors (Lipinski definition) is 1. The third-order valence-corrected chi connectivity index (χ3v) is 4.94. The number of halogens is 2. The van der Waals surface area contributed by atoms with Crippen molar-refractivity contribution in [1.29, 1.82) is 0 Å². The fourth-order valence-corrected chi connectivity index (χ4v) is 3.27. The molecule has 1 aliphatic rings. The van der Waals surface area contributed by atoms with Gasteiger partial charge in [0.2, 0.25) is 0 Å². The van der Waals surface area contributed by atoms with Crippen molar-refractivity contribution < 1.29 is 32.6 Å². The molecule has 0 aliphatic carbocycles. The normalized spacial score (nSPS) is 14.5. The molecule has 0 atom stereocenters. The van der Waals surface area contributed by atoms with E-state index in [1.54, 1.807) is 25.7 Å². The van der Waals surface area contributed by atoms with Crippen molar-refractivity contribution in [2.45, 2.75) is 45.3 Å². The zero-order chi connectivity index (χ0) is 24.2. The second kappa shape index (κ2) is 9.97. The molecule has 0 bridgehead atoms. The Morgan fingerprint density at radius 1 is 1.00 bits per heavy atom. The van der Waals surface area contributed by atoms with Crippen LogP contribution in [-0.2, 0) is 9.47 Å². The molecular weight excluding hydrogens is 434 g/mol. The molecule has 9 heteroatoms. The third kappa shape index (κ3) is 6.50. The first-order valence-electron chi connectivity index (χ1n) is 10.6. The van der Waals surface area contributed by atoms with Crippen LogP contribution in [0.4, 0.5) is 19.3 Å². The highest BCUT2D eigenvalue weighted by Crippen LogP contribution is 2.20. The molecule has 1 aliphatic heterocycles. The lowest BCUT2D eigenvalue weighted by atomic mass is 10.1. The van der Waals surface area contributed by atoms with Gasteiger partial charge < -0.3 is 19.7 Å². The molecular formula is C24H26F2N2O5. The Morgan fingerprint density at radius 2 is 1.64 bits per heavy atom. The van der Waals surface area contributed by atoms with Crippen molar-refractivity contribution in [3.63, 3.8) is 0 Å². The summed E-state index contributed by atoms with van der Waals surface area (Å²) in [6.07, 6.45) is 0.283. The Bertz CT molecular complexity index is 1030. The van der Waals surface area contributed by atoms with Gasteiger partial charge in [0, 0.05) is 31.6 Å². The number of rotatable bonds is 4. The minimum absolute atomic E-state index is 0.277. The van der Waals surface area contributed by atoms with Crippen LogP contribution in [-0.4, -0.2) is 47.7 Å². The summed E-state index contributed by atoms with van der Waals surface area (Å²) in [5, 5.41) is 2.46. The van der Waals surface area contributed by atoms with Crippen LogP contribution in [0.3, 0.4) is 0 Å². The number of carbonyl (C=O) groups is 3. The van der Waals surface area contributed by atoms with E-state index in [9.17, 15) is 23.2 Å². The lowest BCUT2D eigenvalue weighted by molar-refractivity contribution is -0.00341. The van der Waals surface area contributed by atoms with Crippen LogP contribution < -0.4 is 5.32 Å². The first-order chi connectivity index (χ1) is 15.5. The molecule has 3 rings (SSSR count). The highest BCUT2D eigenvalue weighted by Gasteiger charge is 2.28. The number of carbonyl (C=O) groups excluding carboxylic acids is 3. The van der Waals surface area contributed by atoms with Gasteiger partial charge in [-0.1, -0.05) is 6.07 Å². The molecule has 1 heterocycles. The van der Waals surface area contributed by atoms with Crippen molar-refractivity contribution in [3.8, 4) is 0 Å². The summed E-state index contributed by atoms with van der Waals surface area (Å²) in [5.74, 6) is -3.68. The van der Waals surface area contributed by atoms with Gasteiger partial charge >= 0.3 is 12.1 Å². The van der Waals surface area contributed by atoms with Crippen LogP contribution in [0.25, 0.3) is 0 Å². The van der Waals surface area contributed by atoms with E-state index >= 15 is 0 Å². The number of benzene rings is 2. The molecule has 1 fully saturated rings. The quantitative estimate of drug-likeness (QED) is 0.665. The van der Waals surface area contributed by atoms with Crippen LogP contribution in [0, 0.1) is 11.6 Å². The molecule has 176 valence electrons. The Morgan fingerprint density at radius 3 is 2.24 bits per heavy atom. The Kier molecular flexibility index (Phi) is 7.30. The molecule has 7 nitrogen and oxygen atoms in total. The predicted octanol–water partition coefficient (Wildman–Crippen LogP) is 4.77. The largest absolute Gasteiger partial charge is 0.459 e. The highest BCUT2D eigenvalue weighted by molar-refractivity contribution is 6.04. The van der Waals surface area contributed by atoms with E-state index in [0.717, 1.165) is 6.07 Å². The van der Waals surface area contributed by atoms with Crippen LogP contribution in [0.1, 0.15) is 54.3 Å². The number of nitrogens with one attached hydrogen (secondary N) is 1. The summed E-state index contributed by atoms with van der Waals surface area (Å²) in [6.45, 7) is 6.25. The molecule has 2 aromatic carbocycles. The zero-order valence-electron chi connectivity index (χ0n) is 18.7. The van der Waals surface area contributed by atoms with Crippen molar-refractivity contribution >= 4 is 23.7 Å². The van der Waals surface area contributed by atoms with E-state index in [1.807, 2.05) is 0 Å². The Balaban J connectivity index is 1.51. The van der Waals surface area contributed by atoms with Gasteiger partial charge in [0.25, 0.3) is 5.91 Å². The number of ether oxygens (including phenoxy) is 2. The van der Waals surface area contributed by atoms with Gasteiger partial charge in [-0.2, -0.15) is 0 Å². The average Bonchev–Trinajstić information content (AvgIpc) is 2.75. The first kappa shape index (κ1) is 24.2. The number of esters is 1. The maximum Gasteiger partial charge on any atom is 0.410 e. The summed E-state index contributed by atoms with van der Waals surface area (Å²) in [6, 6.07) is 9.21. The summed E-state index contributed by atoms with van der Waals surface area (Å²) in [5.41, 5.74) is -0.404. The molecule has 1 N–H and O–H groups in total. The summed E-state index contributed by atoms with van der Waals surface area (Å²) in [4.78, 5) is 38.3. The molecule has 33 heavy (non-hydrogen) atoms. The molecule has 0 unspecified atom stereocenters. The van der Waals surface area contributed by atoms with Gasteiger partial charge in [0.1, 0.15) is 11.7 Å². The topological polar surface area (TPSA) is 84.9 Å². The number of nitrogens with zero attached hydrogens (tertiary/aromatic N) is 1. The van der Waals surface area contributed by atoms with E-state index in [-0.39, 0.29) is 17.8 Å². The number of piperidine rings is 1. The van der Waals surface area contributed by atoms with Gasteiger partial charge in [0.15, 0.2) is 11.6 Å². The van der Waals surface area contributed by atoms with Crippen LogP contribution in [0.2, 0.25) is 0 Å². The second-order valence-electron chi connectivity index (χ2n) is 8.70. The number of hydrogen-bond acceptors (Lipinski definition) is 5.